The van der Waals surface area contributed by atoms with Crippen LogP contribution in [0.4, 0.5) is 0 Å². The third-order valence-electron chi connectivity index (χ3n) is 4.93. The molecule has 1 aliphatic rings. The molecule has 23 heavy (non-hydrogen) atoms. The van der Waals surface area contributed by atoms with Gasteiger partial charge in [0.05, 0.1) is 0 Å². The molecule has 1 atom stereocenters. The molecule has 1 saturated heterocycles. The van der Waals surface area contributed by atoms with E-state index in [0.29, 0.717) is 13.0 Å². The van der Waals surface area contributed by atoms with Crippen molar-refractivity contribution in [1.29, 1.82) is 0 Å². The van der Waals surface area contributed by atoms with E-state index in [1.165, 1.54) is 0 Å². The lowest BCUT2D eigenvalue weighted by Gasteiger charge is -2.51. The number of hydrogen-bond acceptors (Lipinski definition) is 2. The van der Waals surface area contributed by atoms with Gasteiger partial charge < -0.3 is 4.90 Å². The van der Waals surface area contributed by atoms with Crippen LogP contribution < -0.4 is 0 Å². The van der Waals surface area contributed by atoms with Crippen molar-refractivity contribution >= 4 is 11.7 Å². The van der Waals surface area contributed by atoms with E-state index >= 15 is 0 Å². The number of ketones is 1. The van der Waals surface area contributed by atoms with Crippen LogP contribution >= 0.6 is 0 Å². The van der Waals surface area contributed by atoms with Gasteiger partial charge in [-0.3, -0.25) is 9.59 Å². The highest BCUT2D eigenvalue weighted by Crippen LogP contribution is 2.45. The van der Waals surface area contributed by atoms with Gasteiger partial charge in [0.1, 0.15) is 11.3 Å². The predicted molar refractivity (Wildman–Crippen MR) is 89.8 cm³/mol. The molecule has 118 valence electrons. The van der Waals surface area contributed by atoms with Crippen LogP contribution in [0.15, 0.2) is 60.7 Å². The van der Waals surface area contributed by atoms with E-state index in [1.807, 2.05) is 72.5 Å². The van der Waals surface area contributed by atoms with Gasteiger partial charge in [0.2, 0.25) is 5.91 Å². The first-order valence-electron chi connectivity index (χ1n) is 8.00. The van der Waals surface area contributed by atoms with Crippen molar-refractivity contribution < 1.29 is 9.59 Å². The molecule has 3 nitrogen and oxygen atoms in total. The lowest BCUT2D eigenvalue weighted by Crippen LogP contribution is -2.59. The second-order valence-electron chi connectivity index (χ2n) is 6.11. The van der Waals surface area contributed by atoms with Crippen molar-refractivity contribution in [3.05, 3.63) is 71.8 Å². The molecule has 0 saturated carbocycles. The number of benzene rings is 2. The van der Waals surface area contributed by atoms with Crippen LogP contribution in [0.2, 0.25) is 0 Å². The van der Waals surface area contributed by atoms with Gasteiger partial charge in [-0.1, -0.05) is 67.6 Å². The molecule has 0 radical (unpaired) electrons. The maximum atomic E-state index is 12.6. The average molecular weight is 307 g/mol. The Morgan fingerprint density at radius 2 is 1.48 bits per heavy atom. The number of Topliss-reactive ketones (excluding diaryl/α,β-unsaturated/α-hetero) is 1. The molecule has 2 aromatic carbocycles. The standard InChI is InChI=1S/C20H21NO2/c1-15-19(23)13-14-21(16(2)22)20(15,17-9-5-3-6-10-17)18-11-7-4-8-12-18/h3-12,15H,13-14H2,1-2H3. The van der Waals surface area contributed by atoms with E-state index in [-0.39, 0.29) is 17.6 Å². The van der Waals surface area contributed by atoms with Crippen molar-refractivity contribution in [1.82, 2.24) is 4.90 Å². The summed E-state index contributed by atoms with van der Waals surface area (Å²) in [6.07, 6.45) is 0.419. The van der Waals surface area contributed by atoms with E-state index in [9.17, 15) is 9.59 Å². The van der Waals surface area contributed by atoms with Crippen molar-refractivity contribution in [2.75, 3.05) is 6.54 Å². The monoisotopic (exact) mass is 307 g/mol. The Morgan fingerprint density at radius 1 is 1.00 bits per heavy atom. The molecule has 0 aromatic heterocycles. The van der Waals surface area contributed by atoms with E-state index < -0.39 is 5.54 Å². The maximum absolute atomic E-state index is 12.6. The predicted octanol–water partition coefficient (Wildman–Crippen LogP) is 3.39. The van der Waals surface area contributed by atoms with Crippen molar-refractivity contribution in [2.45, 2.75) is 25.8 Å². The fourth-order valence-electron chi connectivity index (χ4n) is 3.85. The molecule has 1 heterocycles. The highest BCUT2D eigenvalue weighted by atomic mass is 16.2. The van der Waals surface area contributed by atoms with Gasteiger partial charge in [-0.2, -0.15) is 0 Å². The average Bonchev–Trinajstić information content (AvgIpc) is 2.58. The summed E-state index contributed by atoms with van der Waals surface area (Å²) in [5.41, 5.74) is 1.24. The normalized spacial score (nSPS) is 20.3. The first kappa shape index (κ1) is 15.5. The minimum atomic E-state index is -0.732. The number of likely N-dealkylation sites (tertiary alicyclic amines) is 1. The van der Waals surface area contributed by atoms with Crippen LogP contribution in [-0.2, 0) is 15.1 Å². The SMILES string of the molecule is CC(=O)N1CCC(=O)C(C)C1(c1ccccc1)c1ccccc1. The third kappa shape index (κ3) is 2.37. The summed E-state index contributed by atoms with van der Waals surface area (Å²) in [4.78, 5) is 26.9. The largest absolute Gasteiger partial charge is 0.328 e. The first-order valence-corrected chi connectivity index (χ1v) is 8.00. The summed E-state index contributed by atoms with van der Waals surface area (Å²) < 4.78 is 0. The van der Waals surface area contributed by atoms with Crippen LogP contribution in [0.5, 0.6) is 0 Å². The molecular weight excluding hydrogens is 286 g/mol. The zero-order chi connectivity index (χ0) is 16.4. The zero-order valence-electron chi connectivity index (χ0n) is 13.5. The topological polar surface area (TPSA) is 37.4 Å². The van der Waals surface area contributed by atoms with Crippen LogP contribution in [-0.4, -0.2) is 23.1 Å². The molecule has 2 aromatic rings. The van der Waals surface area contributed by atoms with E-state index in [4.69, 9.17) is 0 Å². The quantitative estimate of drug-likeness (QED) is 0.853. The highest BCUT2D eigenvalue weighted by Gasteiger charge is 2.51. The molecule has 0 bridgehead atoms. The summed E-state index contributed by atoms with van der Waals surface area (Å²) in [6, 6.07) is 19.8. The minimum Gasteiger partial charge on any atom is -0.328 e. The van der Waals surface area contributed by atoms with Gasteiger partial charge >= 0.3 is 0 Å². The van der Waals surface area contributed by atoms with Crippen LogP contribution in [0, 0.1) is 5.92 Å². The molecule has 0 aliphatic carbocycles. The number of amides is 1. The number of nitrogens with zero attached hydrogens (tertiary/aromatic N) is 1. The number of carbonyl (C=O) groups excluding carboxylic acids is 2. The fraction of sp³-hybridized carbons (Fsp3) is 0.300. The summed E-state index contributed by atoms with van der Waals surface area (Å²) >= 11 is 0. The van der Waals surface area contributed by atoms with E-state index in [0.717, 1.165) is 11.1 Å². The van der Waals surface area contributed by atoms with Crippen molar-refractivity contribution in [3.63, 3.8) is 0 Å². The molecule has 1 aliphatic heterocycles. The van der Waals surface area contributed by atoms with Gasteiger partial charge in [0.15, 0.2) is 0 Å². The van der Waals surface area contributed by atoms with Gasteiger partial charge in [-0.15, -0.1) is 0 Å². The summed E-state index contributed by atoms with van der Waals surface area (Å²) in [5, 5.41) is 0. The Labute approximate surface area is 136 Å². The number of hydrogen-bond donors (Lipinski definition) is 0. The lowest BCUT2D eigenvalue weighted by atomic mass is 9.68. The third-order valence-corrected chi connectivity index (χ3v) is 4.93. The van der Waals surface area contributed by atoms with Crippen molar-refractivity contribution in [3.8, 4) is 0 Å². The molecule has 0 spiro atoms. The molecular formula is C20H21NO2. The second kappa shape index (κ2) is 5.99. The number of piperidine rings is 1. The summed E-state index contributed by atoms with van der Waals surface area (Å²) in [7, 11) is 0. The van der Waals surface area contributed by atoms with Gasteiger partial charge in [0.25, 0.3) is 0 Å². The Bertz CT molecular complexity index is 669. The lowest BCUT2D eigenvalue weighted by molar-refractivity contribution is -0.145. The van der Waals surface area contributed by atoms with Crippen molar-refractivity contribution in [2.24, 2.45) is 5.92 Å². The van der Waals surface area contributed by atoms with Crippen LogP contribution in [0.25, 0.3) is 0 Å². The van der Waals surface area contributed by atoms with Gasteiger partial charge in [-0.05, 0) is 11.1 Å². The Morgan fingerprint density at radius 3 is 1.91 bits per heavy atom. The summed E-state index contributed by atoms with van der Waals surface area (Å²) in [5.74, 6) is -0.0859. The van der Waals surface area contributed by atoms with E-state index in [2.05, 4.69) is 0 Å². The Balaban J connectivity index is 2.33. The Kier molecular flexibility index (Phi) is 4.03. The zero-order valence-corrected chi connectivity index (χ0v) is 13.5. The first-order chi connectivity index (χ1) is 11.1. The number of rotatable bonds is 2. The molecule has 1 unspecified atom stereocenters. The second-order valence-corrected chi connectivity index (χ2v) is 6.11. The van der Waals surface area contributed by atoms with E-state index in [1.54, 1.807) is 6.92 Å². The van der Waals surface area contributed by atoms with Gasteiger partial charge in [0, 0.05) is 25.8 Å². The molecule has 1 fully saturated rings. The van der Waals surface area contributed by atoms with Gasteiger partial charge in [-0.25, -0.2) is 0 Å². The Hall–Kier alpha value is -2.42. The molecule has 3 heteroatoms. The molecule has 0 N–H and O–H groups in total. The van der Waals surface area contributed by atoms with Crippen LogP contribution in [0.3, 0.4) is 0 Å². The fourth-order valence-corrected chi connectivity index (χ4v) is 3.85. The maximum Gasteiger partial charge on any atom is 0.220 e. The molecule has 1 amide bonds. The molecule has 3 rings (SSSR count). The smallest absolute Gasteiger partial charge is 0.220 e. The van der Waals surface area contributed by atoms with Crippen LogP contribution in [0.1, 0.15) is 31.4 Å². The summed E-state index contributed by atoms with van der Waals surface area (Å²) in [6.45, 7) is 3.99. The highest BCUT2D eigenvalue weighted by molar-refractivity contribution is 5.88. The minimum absolute atomic E-state index is 0.00273. The number of carbonyl (C=O) groups is 2.